The predicted molar refractivity (Wildman–Crippen MR) is 93.1 cm³/mol. The smallest absolute Gasteiger partial charge is 0.135 e. The minimum Gasteiger partial charge on any atom is -0.510 e. The molecule has 0 bridgehead atoms. The van der Waals surface area contributed by atoms with Crippen molar-refractivity contribution in [3.63, 3.8) is 0 Å². The Morgan fingerprint density at radius 2 is 2.09 bits per heavy atom. The van der Waals surface area contributed by atoms with E-state index in [1.165, 1.54) is 11.3 Å². The first-order chi connectivity index (χ1) is 11.0. The van der Waals surface area contributed by atoms with E-state index in [0.717, 1.165) is 11.3 Å². The molecule has 0 saturated heterocycles. The Morgan fingerprint density at radius 1 is 1.39 bits per heavy atom. The van der Waals surface area contributed by atoms with Gasteiger partial charge in [0, 0.05) is 22.5 Å². The van der Waals surface area contributed by atoms with Gasteiger partial charge in [0.05, 0.1) is 23.9 Å². The molecule has 120 valence electrons. The zero-order valence-electron chi connectivity index (χ0n) is 12.5. The summed E-state index contributed by atoms with van der Waals surface area (Å²) in [5, 5.41) is 31.0. The summed E-state index contributed by atoms with van der Waals surface area (Å²) >= 11 is 7.27. The molecule has 0 aliphatic carbocycles. The van der Waals surface area contributed by atoms with Gasteiger partial charge in [0.15, 0.2) is 0 Å². The van der Waals surface area contributed by atoms with Crippen molar-refractivity contribution in [3.05, 3.63) is 45.4 Å². The van der Waals surface area contributed by atoms with Crippen molar-refractivity contribution in [2.75, 3.05) is 13.1 Å². The fraction of sp³-hybridized carbons (Fsp3) is 0.250. The minimum atomic E-state index is -0.566. The molecular weight excluding hydrogens is 334 g/mol. The molecule has 1 aliphatic rings. The topological polar surface area (TPSA) is 80.4 Å². The number of aromatic nitrogens is 1. The van der Waals surface area contributed by atoms with E-state index in [1.807, 2.05) is 17.5 Å². The van der Waals surface area contributed by atoms with Crippen LogP contribution in [0.3, 0.4) is 0 Å². The molecule has 5 nitrogen and oxygen atoms in total. The molecule has 2 heterocycles. The molecule has 1 unspecified atom stereocenters. The van der Waals surface area contributed by atoms with Crippen LogP contribution in [-0.2, 0) is 0 Å². The van der Waals surface area contributed by atoms with Crippen LogP contribution in [0.2, 0.25) is 5.02 Å². The van der Waals surface area contributed by atoms with Gasteiger partial charge in [-0.05, 0) is 19.1 Å². The Bertz CT molecular complexity index is 768. The molecule has 0 amide bonds. The summed E-state index contributed by atoms with van der Waals surface area (Å²) in [6.45, 7) is 2.20. The first-order valence-corrected chi connectivity index (χ1v) is 8.37. The van der Waals surface area contributed by atoms with Crippen molar-refractivity contribution in [2.45, 2.75) is 13.0 Å². The average molecular weight is 350 g/mol. The summed E-state index contributed by atoms with van der Waals surface area (Å²) in [4.78, 5) is 6.17. The van der Waals surface area contributed by atoms with Crippen molar-refractivity contribution in [1.82, 2.24) is 9.88 Å². The first-order valence-electron chi connectivity index (χ1n) is 7.11. The zero-order valence-corrected chi connectivity index (χ0v) is 14.0. The van der Waals surface area contributed by atoms with Crippen molar-refractivity contribution < 1.29 is 10.2 Å². The molecule has 0 radical (unpaired) electrons. The third kappa shape index (κ3) is 3.24. The van der Waals surface area contributed by atoms with Crippen LogP contribution >= 0.6 is 22.9 Å². The highest BCUT2D eigenvalue weighted by atomic mass is 35.5. The number of thiazole rings is 1. The molecule has 0 spiro atoms. The predicted octanol–water partition coefficient (Wildman–Crippen LogP) is 3.41. The van der Waals surface area contributed by atoms with Gasteiger partial charge in [0.25, 0.3) is 0 Å². The Labute approximate surface area is 143 Å². The molecule has 0 fully saturated rings. The van der Waals surface area contributed by atoms with Crippen molar-refractivity contribution in [1.29, 1.82) is 5.41 Å². The van der Waals surface area contributed by atoms with E-state index in [4.69, 9.17) is 17.0 Å². The maximum Gasteiger partial charge on any atom is 0.135 e. The lowest BCUT2D eigenvalue weighted by Crippen LogP contribution is -2.33. The summed E-state index contributed by atoms with van der Waals surface area (Å²) in [5.74, 6) is 0.313. The normalized spacial score (nSPS) is 16.3. The van der Waals surface area contributed by atoms with E-state index in [-0.39, 0.29) is 18.1 Å². The number of nitrogens with zero attached hydrogens (tertiary/aromatic N) is 2. The van der Waals surface area contributed by atoms with E-state index >= 15 is 0 Å². The third-order valence-electron chi connectivity index (χ3n) is 3.52. The maximum absolute atomic E-state index is 10.2. The molecule has 1 atom stereocenters. The van der Waals surface area contributed by atoms with E-state index in [1.54, 1.807) is 24.0 Å². The molecule has 3 rings (SSSR count). The average Bonchev–Trinajstić information content (AvgIpc) is 3.05. The van der Waals surface area contributed by atoms with Gasteiger partial charge in [0.1, 0.15) is 16.6 Å². The lowest BCUT2D eigenvalue weighted by molar-refractivity contribution is 0.160. The van der Waals surface area contributed by atoms with Crippen LogP contribution in [0.1, 0.15) is 11.9 Å². The van der Waals surface area contributed by atoms with E-state index < -0.39 is 6.10 Å². The SMILES string of the molecule is CC(O)CN1CC(O)=C(c2nc(-c3ccc(Cl)cc3)cs2)C1=N. The number of nitrogens with one attached hydrogen (secondary N) is 1. The van der Waals surface area contributed by atoms with Gasteiger partial charge in [-0.15, -0.1) is 11.3 Å². The lowest BCUT2D eigenvalue weighted by Gasteiger charge is -2.19. The summed E-state index contributed by atoms with van der Waals surface area (Å²) < 4.78 is 0. The Kier molecular flexibility index (Phi) is 4.39. The molecule has 23 heavy (non-hydrogen) atoms. The van der Waals surface area contributed by atoms with Crippen molar-refractivity contribution >= 4 is 34.3 Å². The summed E-state index contributed by atoms with van der Waals surface area (Å²) in [5.41, 5.74) is 2.15. The monoisotopic (exact) mass is 349 g/mol. The molecule has 1 aliphatic heterocycles. The van der Waals surface area contributed by atoms with Crippen LogP contribution in [0, 0.1) is 5.41 Å². The second-order valence-corrected chi connectivity index (χ2v) is 6.74. The lowest BCUT2D eigenvalue weighted by atomic mass is 10.2. The molecule has 1 aromatic carbocycles. The Morgan fingerprint density at radius 3 is 2.74 bits per heavy atom. The standard InChI is InChI=1S/C16H16ClN3O2S/c1-9(21)6-20-7-13(22)14(15(20)18)16-19-12(8-23-16)10-2-4-11(17)5-3-10/h2-5,8-9,18,21-22H,6-7H2,1H3. The van der Waals surface area contributed by atoms with Crippen molar-refractivity contribution in [2.24, 2.45) is 0 Å². The molecule has 3 N–H and O–H groups in total. The fourth-order valence-electron chi connectivity index (χ4n) is 2.47. The van der Waals surface area contributed by atoms with Crippen LogP contribution < -0.4 is 0 Å². The maximum atomic E-state index is 10.2. The number of aliphatic hydroxyl groups excluding tert-OH is 2. The number of hydrogen-bond acceptors (Lipinski definition) is 5. The fourth-order valence-corrected chi connectivity index (χ4v) is 3.50. The Balaban J connectivity index is 1.87. The van der Waals surface area contributed by atoms with Gasteiger partial charge in [-0.2, -0.15) is 0 Å². The molecule has 0 saturated carbocycles. The highest BCUT2D eigenvalue weighted by Gasteiger charge is 2.30. The van der Waals surface area contributed by atoms with Crippen LogP contribution in [0.15, 0.2) is 35.4 Å². The molecular formula is C16H16ClN3O2S. The highest BCUT2D eigenvalue weighted by molar-refractivity contribution is 7.11. The first kappa shape index (κ1) is 16.0. The van der Waals surface area contributed by atoms with Gasteiger partial charge in [0.2, 0.25) is 0 Å². The van der Waals surface area contributed by atoms with Crippen molar-refractivity contribution in [3.8, 4) is 11.3 Å². The summed E-state index contributed by atoms with van der Waals surface area (Å²) in [6.07, 6.45) is -0.566. The number of β-amino-alcohol motifs (C(OH)–C–C–N with tert-alkyl or cyclic N) is 1. The van der Waals surface area contributed by atoms with Crippen LogP contribution in [0.25, 0.3) is 16.8 Å². The number of aliphatic hydroxyl groups is 2. The molecule has 2 aromatic rings. The van der Waals surface area contributed by atoms with E-state index in [9.17, 15) is 10.2 Å². The molecule has 7 heteroatoms. The largest absolute Gasteiger partial charge is 0.510 e. The summed E-state index contributed by atoms with van der Waals surface area (Å²) in [6, 6.07) is 7.37. The second-order valence-electron chi connectivity index (χ2n) is 5.44. The summed E-state index contributed by atoms with van der Waals surface area (Å²) in [7, 11) is 0. The van der Waals surface area contributed by atoms with Gasteiger partial charge >= 0.3 is 0 Å². The van der Waals surface area contributed by atoms with E-state index in [0.29, 0.717) is 22.1 Å². The van der Waals surface area contributed by atoms with Gasteiger partial charge in [-0.1, -0.05) is 23.7 Å². The van der Waals surface area contributed by atoms with Gasteiger partial charge < -0.3 is 15.1 Å². The van der Waals surface area contributed by atoms with Gasteiger partial charge in [-0.3, -0.25) is 5.41 Å². The van der Waals surface area contributed by atoms with Crippen LogP contribution in [0.4, 0.5) is 0 Å². The highest BCUT2D eigenvalue weighted by Crippen LogP contribution is 2.32. The number of benzene rings is 1. The number of rotatable bonds is 4. The third-order valence-corrected chi connectivity index (χ3v) is 4.64. The van der Waals surface area contributed by atoms with Crippen LogP contribution in [0.5, 0.6) is 0 Å². The number of amidine groups is 1. The minimum absolute atomic E-state index is 0.118. The second kappa shape index (κ2) is 6.31. The Hall–Kier alpha value is -1.89. The van der Waals surface area contributed by atoms with Gasteiger partial charge in [-0.25, -0.2) is 4.98 Å². The quantitative estimate of drug-likeness (QED) is 0.790. The molecule has 1 aromatic heterocycles. The van der Waals surface area contributed by atoms with Crippen LogP contribution in [-0.4, -0.2) is 45.1 Å². The zero-order chi connectivity index (χ0) is 16.6. The number of halogens is 1. The number of hydrogen-bond donors (Lipinski definition) is 3. The van der Waals surface area contributed by atoms with E-state index in [2.05, 4.69) is 4.98 Å².